The van der Waals surface area contributed by atoms with Crippen LogP contribution >= 0.6 is 0 Å². The van der Waals surface area contributed by atoms with Crippen molar-refractivity contribution in [2.45, 2.75) is 38.9 Å². The lowest BCUT2D eigenvalue weighted by Crippen LogP contribution is -2.18. The van der Waals surface area contributed by atoms with Crippen LogP contribution in [-0.4, -0.2) is 37.0 Å². The van der Waals surface area contributed by atoms with E-state index in [9.17, 15) is 9.59 Å². The molecule has 0 spiro atoms. The van der Waals surface area contributed by atoms with Crippen LogP contribution in [0.15, 0.2) is 24.7 Å². The van der Waals surface area contributed by atoms with Crippen molar-refractivity contribution in [2.75, 3.05) is 13.2 Å². The monoisotopic (exact) mass is 268 g/mol. The van der Waals surface area contributed by atoms with E-state index in [1.807, 2.05) is 0 Å². The van der Waals surface area contributed by atoms with E-state index in [1.165, 1.54) is 38.5 Å². The van der Waals surface area contributed by atoms with Crippen molar-refractivity contribution >= 4 is 11.6 Å². The number of ketones is 2. The summed E-state index contributed by atoms with van der Waals surface area (Å²) in [6.07, 6.45) is 7.40. The fourth-order valence-electron chi connectivity index (χ4n) is 1.64. The van der Waals surface area contributed by atoms with Gasteiger partial charge >= 0.3 is 0 Å². The molecule has 5 heteroatoms. The molecule has 5 nitrogen and oxygen atoms in total. The quantitative estimate of drug-likeness (QED) is 0.496. The zero-order valence-corrected chi connectivity index (χ0v) is 11.3. The first kappa shape index (κ1) is 15.4. The van der Waals surface area contributed by atoms with Gasteiger partial charge in [0, 0.05) is 12.2 Å². The molecule has 19 heavy (non-hydrogen) atoms. The molecule has 1 aliphatic rings. The van der Waals surface area contributed by atoms with Crippen LogP contribution in [0.3, 0.4) is 0 Å². The van der Waals surface area contributed by atoms with Crippen molar-refractivity contribution in [3.8, 4) is 0 Å². The van der Waals surface area contributed by atoms with Gasteiger partial charge < -0.3 is 14.2 Å². The van der Waals surface area contributed by atoms with Crippen LogP contribution in [0.25, 0.3) is 0 Å². The van der Waals surface area contributed by atoms with Crippen molar-refractivity contribution < 1.29 is 23.8 Å². The normalized spacial score (nSPS) is 23.1. The summed E-state index contributed by atoms with van der Waals surface area (Å²) >= 11 is 0. The smallest absolute Gasteiger partial charge is 0.155 e. The second-order valence-electron chi connectivity index (χ2n) is 4.45. The van der Waals surface area contributed by atoms with Crippen molar-refractivity contribution in [3.05, 3.63) is 24.7 Å². The highest BCUT2D eigenvalue weighted by Gasteiger charge is 2.25. The van der Waals surface area contributed by atoms with Crippen LogP contribution < -0.4 is 0 Å². The second-order valence-corrected chi connectivity index (χ2v) is 4.45. The summed E-state index contributed by atoms with van der Waals surface area (Å²) in [5, 5.41) is 0. The Morgan fingerprint density at radius 3 is 1.79 bits per heavy atom. The fraction of sp³-hybridized carbons (Fsp3) is 0.571. The molecule has 0 aliphatic carbocycles. The van der Waals surface area contributed by atoms with Gasteiger partial charge in [0.15, 0.2) is 11.6 Å². The Balaban J connectivity index is 2.12. The van der Waals surface area contributed by atoms with Crippen LogP contribution in [0.5, 0.6) is 0 Å². The standard InChI is InChI=1S/C14H20O5/c1-11(15)5-7-17-9-13-3-4-14(19-13)10-18-8-6-12(2)16/h5-8,13-14H,3-4,9-10H2,1-2H3. The fourth-order valence-corrected chi connectivity index (χ4v) is 1.64. The van der Waals surface area contributed by atoms with Gasteiger partial charge in [-0.3, -0.25) is 9.59 Å². The van der Waals surface area contributed by atoms with Gasteiger partial charge in [-0.15, -0.1) is 0 Å². The molecule has 0 radical (unpaired) electrons. The molecular formula is C14H20O5. The zero-order chi connectivity index (χ0) is 14.1. The summed E-state index contributed by atoms with van der Waals surface area (Å²) in [5.41, 5.74) is 0. The van der Waals surface area contributed by atoms with Gasteiger partial charge in [0.25, 0.3) is 0 Å². The Morgan fingerprint density at radius 2 is 1.42 bits per heavy atom. The minimum atomic E-state index is -0.0455. The van der Waals surface area contributed by atoms with Gasteiger partial charge in [-0.2, -0.15) is 0 Å². The summed E-state index contributed by atoms with van der Waals surface area (Å²) in [7, 11) is 0. The van der Waals surface area contributed by atoms with E-state index in [0.29, 0.717) is 13.2 Å². The van der Waals surface area contributed by atoms with Gasteiger partial charge in [-0.25, -0.2) is 0 Å². The van der Waals surface area contributed by atoms with Crippen LogP contribution in [-0.2, 0) is 23.8 Å². The van der Waals surface area contributed by atoms with E-state index >= 15 is 0 Å². The van der Waals surface area contributed by atoms with Gasteiger partial charge in [-0.05, 0) is 26.7 Å². The largest absolute Gasteiger partial charge is 0.498 e. The highest BCUT2D eigenvalue weighted by molar-refractivity contribution is 5.87. The van der Waals surface area contributed by atoms with Crippen LogP contribution in [0.4, 0.5) is 0 Å². The molecule has 1 saturated heterocycles. The summed E-state index contributed by atoms with van der Waals surface area (Å²) < 4.78 is 16.1. The van der Waals surface area contributed by atoms with Crippen LogP contribution in [0, 0.1) is 0 Å². The third kappa shape index (κ3) is 7.41. The molecule has 0 bridgehead atoms. The first-order chi connectivity index (χ1) is 9.08. The Bertz CT molecular complexity index is 325. The number of rotatable bonds is 8. The molecule has 1 fully saturated rings. The lowest BCUT2D eigenvalue weighted by atomic mass is 10.2. The van der Waals surface area contributed by atoms with E-state index < -0.39 is 0 Å². The molecule has 2 unspecified atom stereocenters. The van der Waals surface area contributed by atoms with E-state index in [2.05, 4.69) is 0 Å². The molecular weight excluding hydrogens is 248 g/mol. The number of carbonyl (C=O) groups excluding carboxylic acids is 2. The predicted molar refractivity (Wildman–Crippen MR) is 69.4 cm³/mol. The lowest BCUT2D eigenvalue weighted by molar-refractivity contribution is -0.113. The topological polar surface area (TPSA) is 61.8 Å². The molecule has 1 aliphatic heterocycles. The number of allylic oxidation sites excluding steroid dienone is 2. The third-order valence-corrected chi connectivity index (χ3v) is 2.56. The van der Waals surface area contributed by atoms with Gasteiger partial charge in [-0.1, -0.05) is 0 Å². The van der Waals surface area contributed by atoms with Gasteiger partial charge in [0.05, 0.1) is 24.7 Å². The molecule has 0 aromatic rings. The molecule has 0 aromatic heterocycles. The first-order valence-electron chi connectivity index (χ1n) is 6.31. The number of hydrogen-bond donors (Lipinski definition) is 0. The van der Waals surface area contributed by atoms with Crippen molar-refractivity contribution in [1.82, 2.24) is 0 Å². The summed E-state index contributed by atoms with van der Waals surface area (Å²) in [4.78, 5) is 21.3. The Kier molecular flexibility index (Phi) is 6.89. The lowest BCUT2D eigenvalue weighted by Gasteiger charge is -2.12. The van der Waals surface area contributed by atoms with E-state index in [0.717, 1.165) is 12.8 Å². The maximum atomic E-state index is 10.6. The molecule has 0 aromatic carbocycles. The highest BCUT2D eigenvalue weighted by atomic mass is 16.6. The Labute approximate surface area is 113 Å². The van der Waals surface area contributed by atoms with E-state index in [-0.39, 0.29) is 23.8 Å². The third-order valence-electron chi connectivity index (χ3n) is 2.56. The van der Waals surface area contributed by atoms with Gasteiger partial charge in [0.2, 0.25) is 0 Å². The Hall–Kier alpha value is -1.62. The SMILES string of the molecule is CC(=O)C=COCC1CCC(COC=CC(C)=O)O1. The molecule has 0 N–H and O–H groups in total. The van der Waals surface area contributed by atoms with E-state index in [4.69, 9.17) is 14.2 Å². The molecule has 106 valence electrons. The average molecular weight is 268 g/mol. The minimum absolute atomic E-state index is 0.0296. The van der Waals surface area contributed by atoms with Crippen molar-refractivity contribution in [2.24, 2.45) is 0 Å². The second kappa shape index (κ2) is 8.48. The number of hydrogen-bond acceptors (Lipinski definition) is 5. The van der Waals surface area contributed by atoms with Gasteiger partial charge in [0.1, 0.15) is 13.2 Å². The average Bonchev–Trinajstić information content (AvgIpc) is 2.78. The summed E-state index contributed by atoms with van der Waals surface area (Å²) in [6, 6.07) is 0. The molecule has 1 rings (SSSR count). The van der Waals surface area contributed by atoms with Crippen molar-refractivity contribution in [3.63, 3.8) is 0 Å². The molecule has 0 saturated carbocycles. The Morgan fingerprint density at radius 1 is 1.00 bits per heavy atom. The molecule has 0 amide bonds. The maximum absolute atomic E-state index is 10.6. The highest BCUT2D eigenvalue weighted by Crippen LogP contribution is 2.20. The minimum Gasteiger partial charge on any atom is -0.498 e. The first-order valence-corrected chi connectivity index (χ1v) is 6.31. The number of carbonyl (C=O) groups is 2. The summed E-state index contributed by atoms with van der Waals surface area (Å²) in [5.74, 6) is -0.0910. The van der Waals surface area contributed by atoms with Crippen LogP contribution in [0.1, 0.15) is 26.7 Å². The predicted octanol–water partition coefficient (Wildman–Crippen LogP) is 1.77. The van der Waals surface area contributed by atoms with E-state index in [1.54, 1.807) is 0 Å². The number of ether oxygens (including phenoxy) is 3. The van der Waals surface area contributed by atoms with Crippen molar-refractivity contribution in [1.29, 1.82) is 0 Å². The summed E-state index contributed by atoms with van der Waals surface area (Å²) in [6.45, 7) is 3.80. The molecule has 2 atom stereocenters. The zero-order valence-electron chi connectivity index (χ0n) is 11.3. The maximum Gasteiger partial charge on any atom is 0.155 e. The van der Waals surface area contributed by atoms with Crippen LogP contribution in [0.2, 0.25) is 0 Å². The molecule has 1 heterocycles.